The summed E-state index contributed by atoms with van der Waals surface area (Å²) >= 11 is 2.25. The van der Waals surface area contributed by atoms with Gasteiger partial charge in [0.25, 0.3) is 0 Å². The number of nitrogens with one attached hydrogen (secondary N) is 2. The molecule has 25 heavy (non-hydrogen) atoms. The van der Waals surface area contributed by atoms with Gasteiger partial charge in [0.2, 0.25) is 5.91 Å². The SMILES string of the molecule is CCC(CC)O[C@@H]1C=C(I)C[C@H](NC(=O)OC(C)(C)C)[C@H]1NC(C)=O. The summed E-state index contributed by atoms with van der Waals surface area (Å²) in [6.45, 7) is 11.1. The van der Waals surface area contributed by atoms with Crippen molar-refractivity contribution in [1.29, 1.82) is 0 Å². The van der Waals surface area contributed by atoms with Gasteiger partial charge >= 0.3 is 6.09 Å². The van der Waals surface area contributed by atoms with Gasteiger partial charge in [-0.05, 0) is 65.9 Å². The van der Waals surface area contributed by atoms with Gasteiger partial charge in [-0.2, -0.15) is 0 Å². The normalized spacial score (nSPS) is 23.8. The zero-order chi connectivity index (χ0) is 19.2. The number of alkyl carbamates (subject to hydrolysis) is 1. The van der Waals surface area contributed by atoms with Gasteiger partial charge in [-0.25, -0.2) is 4.79 Å². The van der Waals surface area contributed by atoms with Crippen LogP contribution >= 0.6 is 22.6 Å². The molecule has 1 aliphatic carbocycles. The van der Waals surface area contributed by atoms with Crippen molar-refractivity contribution in [3.63, 3.8) is 0 Å². The lowest BCUT2D eigenvalue weighted by atomic mass is 9.92. The molecule has 0 aromatic heterocycles. The molecule has 0 aliphatic heterocycles. The number of hydrogen-bond donors (Lipinski definition) is 2. The molecule has 0 aromatic carbocycles. The highest BCUT2D eigenvalue weighted by atomic mass is 127. The molecule has 0 radical (unpaired) electrons. The molecule has 2 N–H and O–H groups in total. The molecule has 0 heterocycles. The van der Waals surface area contributed by atoms with Crippen LogP contribution in [-0.4, -0.2) is 41.9 Å². The Balaban J connectivity index is 2.95. The lowest BCUT2D eigenvalue weighted by molar-refractivity contribution is -0.121. The highest BCUT2D eigenvalue weighted by Crippen LogP contribution is 2.28. The quantitative estimate of drug-likeness (QED) is 0.586. The molecule has 144 valence electrons. The minimum absolute atomic E-state index is 0.113. The van der Waals surface area contributed by atoms with Gasteiger partial charge in [-0.3, -0.25) is 4.79 Å². The second kappa shape index (κ2) is 9.75. The van der Waals surface area contributed by atoms with E-state index in [2.05, 4.69) is 47.1 Å². The highest BCUT2D eigenvalue weighted by Gasteiger charge is 2.37. The first-order valence-electron chi connectivity index (χ1n) is 8.84. The van der Waals surface area contributed by atoms with Crippen molar-refractivity contribution < 1.29 is 19.1 Å². The number of ether oxygens (including phenoxy) is 2. The van der Waals surface area contributed by atoms with E-state index in [1.165, 1.54) is 6.92 Å². The van der Waals surface area contributed by atoms with Crippen LogP contribution in [0, 0.1) is 0 Å². The van der Waals surface area contributed by atoms with Crippen molar-refractivity contribution in [2.45, 2.75) is 90.7 Å². The largest absolute Gasteiger partial charge is 0.444 e. The van der Waals surface area contributed by atoms with E-state index in [0.717, 1.165) is 16.4 Å². The first-order chi connectivity index (χ1) is 11.6. The Morgan fingerprint density at radius 3 is 2.36 bits per heavy atom. The molecule has 0 spiro atoms. The molecule has 6 nitrogen and oxygen atoms in total. The second-order valence-electron chi connectivity index (χ2n) is 7.34. The smallest absolute Gasteiger partial charge is 0.407 e. The Morgan fingerprint density at radius 2 is 1.88 bits per heavy atom. The fourth-order valence-electron chi connectivity index (χ4n) is 2.76. The van der Waals surface area contributed by atoms with Gasteiger partial charge in [-0.1, -0.05) is 13.8 Å². The zero-order valence-electron chi connectivity index (χ0n) is 16.0. The second-order valence-corrected chi connectivity index (χ2v) is 8.72. The number of halogens is 1. The highest BCUT2D eigenvalue weighted by molar-refractivity contribution is 14.1. The molecule has 0 bridgehead atoms. The van der Waals surface area contributed by atoms with Crippen molar-refractivity contribution in [2.24, 2.45) is 0 Å². The topological polar surface area (TPSA) is 76.7 Å². The van der Waals surface area contributed by atoms with Crippen molar-refractivity contribution >= 4 is 34.6 Å². The Kier molecular flexibility index (Phi) is 8.67. The van der Waals surface area contributed by atoms with E-state index in [4.69, 9.17) is 9.47 Å². The number of rotatable bonds is 6. The maximum atomic E-state index is 12.2. The predicted octanol–water partition coefficient (Wildman–Crippen LogP) is 3.68. The van der Waals surface area contributed by atoms with Crippen LogP contribution in [0.4, 0.5) is 4.79 Å². The van der Waals surface area contributed by atoms with Crippen LogP contribution in [0.2, 0.25) is 0 Å². The Labute approximate surface area is 164 Å². The minimum Gasteiger partial charge on any atom is -0.444 e. The summed E-state index contributed by atoms with van der Waals surface area (Å²) in [5.74, 6) is -0.149. The number of amides is 2. The fourth-order valence-corrected chi connectivity index (χ4v) is 3.59. The van der Waals surface area contributed by atoms with Crippen LogP contribution in [0.15, 0.2) is 9.66 Å². The van der Waals surface area contributed by atoms with Crippen LogP contribution in [0.3, 0.4) is 0 Å². The Morgan fingerprint density at radius 1 is 1.28 bits per heavy atom. The van der Waals surface area contributed by atoms with Gasteiger partial charge < -0.3 is 20.1 Å². The maximum Gasteiger partial charge on any atom is 0.407 e. The van der Waals surface area contributed by atoms with E-state index in [0.29, 0.717) is 6.42 Å². The molecule has 1 aliphatic rings. The lowest BCUT2D eigenvalue weighted by Crippen LogP contribution is -2.59. The van der Waals surface area contributed by atoms with Gasteiger partial charge in [-0.15, -0.1) is 0 Å². The van der Waals surface area contributed by atoms with Crippen LogP contribution in [0.25, 0.3) is 0 Å². The average molecular weight is 466 g/mol. The summed E-state index contributed by atoms with van der Waals surface area (Å²) in [7, 11) is 0. The molecule has 3 atom stereocenters. The van der Waals surface area contributed by atoms with E-state index in [1.807, 2.05) is 26.8 Å². The predicted molar refractivity (Wildman–Crippen MR) is 107 cm³/mol. The minimum atomic E-state index is -0.573. The molecular weight excluding hydrogens is 435 g/mol. The molecule has 7 heteroatoms. The van der Waals surface area contributed by atoms with E-state index in [1.54, 1.807) is 0 Å². The van der Waals surface area contributed by atoms with Crippen molar-refractivity contribution in [1.82, 2.24) is 10.6 Å². The van der Waals surface area contributed by atoms with Gasteiger partial charge in [0.1, 0.15) is 5.60 Å². The van der Waals surface area contributed by atoms with Crippen LogP contribution in [0.5, 0.6) is 0 Å². The van der Waals surface area contributed by atoms with E-state index in [9.17, 15) is 9.59 Å². The lowest BCUT2D eigenvalue weighted by Gasteiger charge is -2.38. The number of carbonyl (C=O) groups is 2. The molecule has 0 saturated carbocycles. The van der Waals surface area contributed by atoms with Crippen molar-refractivity contribution in [2.75, 3.05) is 0 Å². The third-order valence-corrected chi connectivity index (χ3v) is 4.68. The van der Waals surface area contributed by atoms with Crippen LogP contribution in [0.1, 0.15) is 60.8 Å². The summed E-state index contributed by atoms with van der Waals surface area (Å²) in [5.41, 5.74) is -0.573. The molecule has 0 saturated heterocycles. The van der Waals surface area contributed by atoms with E-state index in [-0.39, 0.29) is 30.2 Å². The first-order valence-corrected chi connectivity index (χ1v) is 9.91. The van der Waals surface area contributed by atoms with Gasteiger partial charge in [0.15, 0.2) is 0 Å². The summed E-state index contributed by atoms with van der Waals surface area (Å²) in [6, 6.07) is -0.612. The molecule has 0 aromatic rings. The maximum absolute atomic E-state index is 12.2. The zero-order valence-corrected chi connectivity index (χ0v) is 18.2. The molecule has 2 amide bonds. The standard InChI is InChI=1S/C18H31IN2O4/c1-7-13(8-2)24-15-10-12(19)9-14(16(15)20-11(3)22)21-17(23)25-18(4,5)6/h10,13-16H,7-9H2,1-6H3,(H,20,22)(H,21,23)/t14-,15+,16+/m0/s1. The first kappa shape index (κ1) is 22.2. The van der Waals surface area contributed by atoms with Crippen molar-refractivity contribution in [3.8, 4) is 0 Å². The summed E-state index contributed by atoms with van der Waals surface area (Å²) in [4.78, 5) is 23.9. The molecule has 1 rings (SSSR count). The molecule has 0 fully saturated rings. The Bertz CT molecular complexity index is 498. The summed E-state index contributed by atoms with van der Waals surface area (Å²) < 4.78 is 12.7. The third kappa shape index (κ3) is 7.94. The monoisotopic (exact) mass is 466 g/mol. The molecule has 0 unspecified atom stereocenters. The summed E-state index contributed by atoms with van der Waals surface area (Å²) in [6.07, 6.45) is 3.81. The van der Waals surface area contributed by atoms with E-state index < -0.39 is 11.7 Å². The Hall–Kier alpha value is -0.830. The third-order valence-electron chi connectivity index (χ3n) is 3.88. The van der Waals surface area contributed by atoms with Crippen LogP contribution in [-0.2, 0) is 14.3 Å². The number of hydrogen-bond acceptors (Lipinski definition) is 4. The summed E-state index contributed by atoms with van der Waals surface area (Å²) in [5, 5.41) is 5.84. The molecular formula is C18H31IN2O4. The van der Waals surface area contributed by atoms with E-state index >= 15 is 0 Å². The fraction of sp³-hybridized carbons (Fsp3) is 0.778. The van der Waals surface area contributed by atoms with Gasteiger partial charge in [0, 0.05) is 13.3 Å². The van der Waals surface area contributed by atoms with Crippen LogP contribution < -0.4 is 10.6 Å². The van der Waals surface area contributed by atoms with Crippen molar-refractivity contribution in [3.05, 3.63) is 9.66 Å². The average Bonchev–Trinajstić information content (AvgIpc) is 2.45. The number of carbonyl (C=O) groups excluding carboxylic acids is 2. The van der Waals surface area contributed by atoms with Gasteiger partial charge in [0.05, 0.1) is 24.3 Å².